The molecule has 3 aromatic rings. The highest BCUT2D eigenvalue weighted by Gasteiger charge is 2.38. The zero-order chi connectivity index (χ0) is 24.9. The maximum absolute atomic E-state index is 14.6. The average molecular weight is 482 g/mol. The van der Waals surface area contributed by atoms with E-state index >= 15 is 0 Å². The molecule has 9 heteroatoms. The monoisotopic (exact) mass is 482 g/mol. The topological polar surface area (TPSA) is 18.5 Å². The Morgan fingerprint density at radius 1 is 0.853 bits per heavy atom. The molecule has 178 valence electrons. The quantitative estimate of drug-likeness (QED) is 0.174. The summed E-state index contributed by atoms with van der Waals surface area (Å²) in [5, 5.41) is 0. The van der Waals surface area contributed by atoms with Crippen LogP contribution in [0.5, 0.6) is 11.5 Å². The molecule has 3 aromatic carbocycles. The predicted octanol–water partition coefficient (Wildman–Crippen LogP) is 8.29. The molecule has 0 aliphatic rings. The second kappa shape index (κ2) is 10.5. The van der Waals surface area contributed by atoms with E-state index in [4.69, 9.17) is 0 Å². The van der Waals surface area contributed by atoms with Crippen LogP contribution in [0.25, 0.3) is 11.1 Å². The Bertz CT molecular complexity index is 1200. The van der Waals surface area contributed by atoms with Gasteiger partial charge in [0.1, 0.15) is 11.6 Å². The number of allylic oxidation sites excluding steroid dienone is 1. The first-order valence-electron chi connectivity index (χ1n) is 9.86. The Morgan fingerprint density at radius 3 is 2.12 bits per heavy atom. The van der Waals surface area contributed by atoms with Gasteiger partial charge in [0, 0.05) is 6.07 Å². The predicted molar refractivity (Wildman–Crippen MR) is 112 cm³/mol. The minimum atomic E-state index is -4.21. The second-order valence-corrected chi connectivity index (χ2v) is 7.07. The van der Waals surface area contributed by atoms with E-state index in [-0.39, 0.29) is 0 Å². The van der Waals surface area contributed by atoms with Crippen LogP contribution in [0.3, 0.4) is 0 Å². The zero-order valence-corrected chi connectivity index (χ0v) is 17.4. The molecule has 34 heavy (non-hydrogen) atoms. The number of halogens is 7. The van der Waals surface area contributed by atoms with Gasteiger partial charge in [-0.1, -0.05) is 36.4 Å². The zero-order valence-electron chi connectivity index (χ0n) is 17.4. The molecular formula is C25H17F7O2. The van der Waals surface area contributed by atoms with Gasteiger partial charge < -0.3 is 9.47 Å². The Hall–Kier alpha value is -3.75. The third kappa shape index (κ3) is 5.98. The largest absolute Gasteiger partial charge is 0.429 e. The molecule has 0 unspecified atom stereocenters. The van der Waals surface area contributed by atoms with E-state index in [9.17, 15) is 30.7 Å². The van der Waals surface area contributed by atoms with E-state index in [0.717, 1.165) is 36.6 Å². The van der Waals surface area contributed by atoms with Crippen molar-refractivity contribution >= 4 is 0 Å². The summed E-state index contributed by atoms with van der Waals surface area (Å²) in [7, 11) is 0. The van der Waals surface area contributed by atoms with Crippen LogP contribution in [-0.2, 0) is 12.5 Å². The van der Waals surface area contributed by atoms with Crippen LogP contribution in [0, 0.1) is 11.6 Å². The highest BCUT2D eigenvalue weighted by Crippen LogP contribution is 2.36. The number of hydrogen-bond acceptors (Lipinski definition) is 2. The number of aryl methyl sites for hydroxylation is 1. The third-order valence-corrected chi connectivity index (χ3v) is 4.70. The van der Waals surface area contributed by atoms with Gasteiger partial charge >= 0.3 is 18.2 Å². The first kappa shape index (κ1) is 24.9. The van der Waals surface area contributed by atoms with Crippen molar-refractivity contribution < 1.29 is 40.2 Å². The Labute approximate surface area is 190 Å². The minimum Gasteiger partial charge on any atom is -0.429 e. The van der Waals surface area contributed by atoms with E-state index in [1.807, 2.05) is 12.1 Å². The van der Waals surface area contributed by atoms with Crippen LogP contribution in [0.1, 0.15) is 17.5 Å². The van der Waals surface area contributed by atoms with Crippen molar-refractivity contribution in [2.24, 2.45) is 0 Å². The lowest BCUT2D eigenvalue weighted by Crippen LogP contribution is -2.23. The van der Waals surface area contributed by atoms with Crippen molar-refractivity contribution in [3.8, 4) is 22.6 Å². The van der Waals surface area contributed by atoms with Crippen LogP contribution >= 0.6 is 0 Å². The fraction of sp³-hybridized carbons (Fsp3) is 0.120. The number of alkyl halides is 2. The minimum absolute atomic E-state index is 0.357. The second-order valence-electron chi connectivity index (χ2n) is 7.07. The van der Waals surface area contributed by atoms with Gasteiger partial charge in [-0.25, -0.2) is 8.78 Å². The molecule has 0 saturated heterocycles. The van der Waals surface area contributed by atoms with E-state index in [0.29, 0.717) is 23.3 Å². The van der Waals surface area contributed by atoms with Crippen LogP contribution in [0.15, 0.2) is 85.4 Å². The van der Waals surface area contributed by atoms with E-state index in [2.05, 4.69) is 16.1 Å². The Kier molecular flexibility index (Phi) is 7.65. The summed E-state index contributed by atoms with van der Waals surface area (Å²) in [5.41, 5.74) is 0.904. The maximum atomic E-state index is 14.6. The normalized spacial score (nSPS) is 11.1. The van der Waals surface area contributed by atoms with Gasteiger partial charge in [0.25, 0.3) is 0 Å². The maximum Gasteiger partial charge on any atom is 0.429 e. The number of rotatable bonds is 9. The Balaban J connectivity index is 1.78. The lowest BCUT2D eigenvalue weighted by Gasteiger charge is -2.19. The summed E-state index contributed by atoms with van der Waals surface area (Å²) in [5.74, 6) is -4.45. The molecule has 0 fully saturated rings. The van der Waals surface area contributed by atoms with Gasteiger partial charge in [-0.15, -0.1) is 6.58 Å². The van der Waals surface area contributed by atoms with Crippen molar-refractivity contribution in [1.82, 2.24) is 0 Å². The van der Waals surface area contributed by atoms with Gasteiger partial charge in [-0.3, -0.25) is 0 Å². The molecule has 0 heterocycles. The Morgan fingerprint density at radius 2 is 1.53 bits per heavy atom. The number of hydrogen-bond donors (Lipinski definition) is 0. The molecule has 0 bridgehead atoms. The summed E-state index contributed by atoms with van der Waals surface area (Å²) in [6.45, 7) is 3.65. The molecule has 0 saturated carbocycles. The van der Waals surface area contributed by atoms with Crippen molar-refractivity contribution in [2.75, 3.05) is 0 Å². The van der Waals surface area contributed by atoms with Crippen molar-refractivity contribution in [3.63, 3.8) is 0 Å². The van der Waals surface area contributed by atoms with E-state index < -0.39 is 46.9 Å². The van der Waals surface area contributed by atoms with Gasteiger partial charge in [0.15, 0.2) is 11.6 Å². The molecule has 0 N–H and O–H groups in total. The van der Waals surface area contributed by atoms with Crippen LogP contribution in [0.2, 0.25) is 0 Å². The van der Waals surface area contributed by atoms with E-state index in [1.54, 1.807) is 18.2 Å². The van der Waals surface area contributed by atoms with Crippen LogP contribution in [-0.4, -0.2) is 0 Å². The summed E-state index contributed by atoms with van der Waals surface area (Å²) < 4.78 is 103. The fourth-order valence-corrected chi connectivity index (χ4v) is 3.03. The number of ether oxygens (including phenoxy) is 2. The highest BCUT2D eigenvalue weighted by atomic mass is 19.3. The van der Waals surface area contributed by atoms with Gasteiger partial charge in [0.05, 0.1) is 5.56 Å². The molecule has 0 aliphatic carbocycles. The lowest BCUT2D eigenvalue weighted by molar-refractivity contribution is -0.187. The summed E-state index contributed by atoms with van der Waals surface area (Å²) in [4.78, 5) is 0. The van der Waals surface area contributed by atoms with Crippen LogP contribution in [0.4, 0.5) is 30.7 Å². The van der Waals surface area contributed by atoms with E-state index in [1.165, 1.54) is 6.07 Å². The summed E-state index contributed by atoms with van der Waals surface area (Å²) in [6, 6.07) is 9.57. The van der Waals surface area contributed by atoms with Crippen LogP contribution < -0.4 is 9.47 Å². The van der Waals surface area contributed by atoms with Gasteiger partial charge in [-0.2, -0.15) is 22.0 Å². The molecule has 0 amide bonds. The molecule has 0 aromatic heterocycles. The van der Waals surface area contributed by atoms with Crippen molar-refractivity contribution in [1.29, 1.82) is 0 Å². The van der Waals surface area contributed by atoms with Gasteiger partial charge in [0.2, 0.25) is 0 Å². The lowest BCUT2D eigenvalue weighted by atomic mass is 10.0. The fourth-order valence-electron chi connectivity index (χ4n) is 3.03. The average Bonchev–Trinajstić information content (AvgIpc) is 2.79. The molecule has 2 nitrogen and oxygen atoms in total. The first-order valence-corrected chi connectivity index (χ1v) is 9.86. The summed E-state index contributed by atoms with van der Waals surface area (Å²) >= 11 is 0. The highest BCUT2D eigenvalue weighted by molar-refractivity contribution is 5.64. The third-order valence-electron chi connectivity index (χ3n) is 4.70. The molecule has 3 rings (SSSR count). The number of benzene rings is 3. The van der Waals surface area contributed by atoms with Crippen molar-refractivity contribution in [3.05, 3.63) is 108 Å². The summed E-state index contributed by atoms with van der Waals surface area (Å²) in [6.07, 6.45) is -3.67. The molecule has 0 radical (unpaired) electrons. The molecular weight excluding hydrogens is 465 g/mol. The molecule has 0 spiro atoms. The molecule has 0 atom stereocenters. The van der Waals surface area contributed by atoms with Crippen molar-refractivity contribution in [2.45, 2.75) is 19.0 Å². The molecule has 0 aliphatic heterocycles. The standard InChI is InChI=1S/C25H17F7O2/c1-2-3-4-15-5-7-16(8-6-15)17-9-11-19(20(26)13-17)25(31,32)34-18-10-12-22(21(27)14-18)33-24(30)23(28)29/h2,5-14H,1,3-4H2. The first-order chi connectivity index (χ1) is 16.1. The SMILES string of the molecule is C=CCCc1ccc(-c2ccc(C(F)(F)Oc3ccc(OC(F)=C(F)F)c(F)c3)c(F)c2)cc1. The van der Waals surface area contributed by atoms with Gasteiger partial charge in [-0.05, 0) is 53.8 Å². The smallest absolute Gasteiger partial charge is 0.429 e.